The van der Waals surface area contributed by atoms with Crippen LogP contribution in [0.25, 0.3) is 11.3 Å². The van der Waals surface area contributed by atoms with E-state index < -0.39 is 11.9 Å². The molecular formula is C25H28N2O5. The Bertz CT molecular complexity index is 1040. The molecule has 7 nitrogen and oxygen atoms in total. The molecule has 0 radical (unpaired) electrons. The van der Waals surface area contributed by atoms with Gasteiger partial charge in [0, 0.05) is 17.3 Å². The summed E-state index contributed by atoms with van der Waals surface area (Å²) in [5.41, 5.74) is 1.75. The molecule has 0 saturated heterocycles. The van der Waals surface area contributed by atoms with Crippen molar-refractivity contribution in [3.63, 3.8) is 0 Å². The molecule has 1 heterocycles. The lowest BCUT2D eigenvalue weighted by Gasteiger charge is -2.08. The Labute approximate surface area is 187 Å². The highest BCUT2D eigenvalue weighted by Crippen LogP contribution is 2.24. The fourth-order valence-corrected chi connectivity index (χ4v) is 2.81. The van der Waals surface area contributed by atoms with E-state index in [1.54, 1.807) is 30.3 Å². The van der Waals surface area contributed by atoms with Crippen LogP contribution >= 0.6 is 0 Å². The number of nitrogens with one attached hydrogen (secondary N) is 1. The van der Waals surface area contributed by atoms with E-state index in [2.05, 4.69) is 17.4 Å². The van der Waals surface area contributed by atoms with Crippen LogP contribution in [0.4, 0.5) is 5.69 Å². The van der Waals surface area contributed by atoms with E-state index in [0.29, 0.717) is 30.2 Å². The molecule has 7 heteroatoms. The van der Waals surface area contributed by atoms with Gasteiger partial charge in [0.1, 0.15) is 5.75 Å². The number of rotatable bonds is 10. The van der Waals surface area contributed by atoms with Gasteiger partial charge in [0.15, 0.2) is 11.5 Å². The second-order valence-electron chi connectivity index (χ2n) is 7.83. The fourth-order valence-electron chi connectivity index (χ4n) is 2.81. The van der Waals surface area contributed by atoms with E-state index in [-0.39, 0.29) is 11.6 Å². The van der Waals surface area contributed by atoms with E-state index in [1.165, 1.54) is 0 Å². The van der Waals surface area contributed by atoms with Gasteiger partial charge in [-0.25, -0.2) is 4.79 Å². The van der Waals surface area contributed by atoms with Crippen molar-refractivity contribution >= 4 is 17.6 Å². The van der Waals surface area contributed by atoms with Crippen molar-refractivity contribution < 1.29 is 23.6 Å². The van der Waals surface area contributed by atoms with Gasteiger partial charge in [-0.05, 0) is 54.8 Å². The first kappa shape index (κ1) is 23.1. The van der Waals surface area contributed by atoms with Gasteiger partial charge in [-0.1, -0.05) is 38.4 Å². The van der Waals surface area contributed by atoms with Crippen molar-refractivity contribution in [2.75, 3.05) is 18.5 Å². The van der Waals surface area contributed by atoms with Gasteiger partial charge < -0.3 is 19.3 Å². The monoisotopic (exact) mass is 436 g/mol. The van der Waals surface area contributed by atoms with Gasteiger partial charge >= 0.3 is 5.97 Å². The fraction of sp³-hybridized carbons (Fsp3) is 0.320. The minimum absolute atomic E-state index is 0.135. The summed E-state index contributed by atoms with van der Waals surface area (Å²) in [5, 5.41) is 6.60. The average molecular weight is 437 g/mol. The van der Waals surface area contributed by atoms with Crippen LogP contribution in [0.3, 0.4) is 0 Å². The first-order chi connectivity index (χ1) is 15.5. The summed E-state index contributed by atoms with van der Waals surface area (Å²) in [7, 11) is 0. The number of carbonyl (C=O) groups excluding carboxylic acids is 2. The molecule has 0 bridgehead atoms. The lowest BCUT2D eigenvalue weighted by atomic mass is 10.1. The highest BCUT2D eigenvalue weighted by molar-refractivity contribution is 6.04. The number of unbranched alkanes of at least 4 members (excludes halogenated alkanes) is 1. The van der Waals surface area contributed by atoms with Gasteiger partial charge in [0.05, 0.1) is 18.8 Å². The van der Waals surface area contributed by atoms with E-state index in [0.717, 1.165) is 24.2 Å². The third-order valence-electron chi connectivity index (χ3n) is 4.55. The van der Waals surface area contributed by atoms with Gasteiger partial charge in [-0.2, -0.15) is 0 Å². The van der Waals surface area contributed by atoms with E-state index in [4.69, 9.17) is 14.0 Å². The zero-order valence-electron chi connectivity index (χ0n) is 18.6. The molecule has 2 aromatic carbocycles. The summed E-state index contributed by atoms with van der Waals surface area (Å²) >= 11 is 0. The summed E-state index contributed by atoms with van der Waals surface area (Å²) in [6.45, 7) is 7.06. The lowest BCUT2D eigenvalue weighted by molar-refractivity contribution is 0.0459. The van der Waals surface area contributed by atoms with E-state index in [9.17, 15) is 9.59 Å². The first-order valence-electron chi connectivity index (χ1n) is 10.7. The quantitative estimate of drug-likeness (QED) is 0.329. The number of hydrogen-bond donors (Lipinski definition) is 1. The smallest absolute Gasteiger partial charge is 0.338 e. The van der Waals surface area contributed by atoms with Crippen LogP contribution in [-0.4, -0.2) is 30.2 Å². The summed E-state index contributed by atoms with van der Waals surface area (Å²) < 4.78 is 16.2. The number of esters is 1. The topological polar surface area (TPSA) is 90.7 Å². The van der Waals surface area contributed by atoms with Gasteiger partial charge in [0.25, 0.3) is 5.91 Å². The highest BCUT2D eigenvalue weighted by Gasteiger charge is 2.15. The van der Waals surface area contributed by atoms with Crippen molar-refractivity contribution in [1.29, 1.82) is 0 Å². The largest absolute Gasteiger partial charge is 0.494 e. The maximum Gasteiger partial charge on any atom is 0.338 e. The predicted molar refractivity (Wildman–Crippen MR) is 122 cm³/mol. The van der Waals surface area contributed by atoms with Crippen molar-refractivity contribution in [1.82, 2.24) is 5.16 Å². The summed E-state index contributed by atoms with van der Waals surface area (Å²) in [6, 6.07) is 15.6. The first-order valence-corrected chi connectivity index (χ1v) is 10.7. The molecule has 0 aliphatic heterocycles. The molecular weight excluding hydrogens is 408 g/mol. The molecule has 0 saturated carbocycles. The van der Waals surface area contributed by atoms with E-state index in [1.807, 2.05) is 38.1 Å². The second kappa shape index (κ2) is 11.1. The Morgan fingerprint density at radius 1 is 1.09 bits per heavy atom. The molecule has 1 N–H and O–H groups in total. The van der Waals surface area contributed by atoms with Crippen LogP contribution in [-0.2, 0) is 4.74 Å². The van der Waals surface area contributed by atoms with Crippen molar-refractivity contribution in [3.05, 3.63) is 65.9 Å². The molecule has 0 spiro atoms. The number of carbonyl (C=O) groups is 2. The Morgan fingerprint density at radius 3 is 2.59 bits per heavy atom. The molecule has 1 aromatic heterocycles. The van der Waals surface area contributed by atoms with Crippen LogP contribution in [0, 0.1) is 5.92 Å². The van der Waals surface area contributed by atoms with Crippen LogP contribution in [0.2, 0.25) is 0 Å². The summed E-state index contributed by atoms with van der Waals surface area (Å²) in [6.07, 6.45) is 2.08. The number of amides is 1. The summed E-state index contributed by atoms with van der Waals surface area (Å²) in [4.78, 5) is 24.7. The molecule has 0 fully saturated rings. The standard InChI is InChI=1S/C25H28N2O5/c1-4-5-13-30-21-11-9-18(10-12-21)23-15-22(27-32-23)24(28)26-20-8-6-7-19(14-20)25(29)31-16-17(2)3/h6-12,14-15,17H,4-5,13,16H2,1-3H3,(H,26,28). The highest BCUT2D eigenvalue weighted by atomic mass is 16.5. The summed E-state index contributed by atoms with van der Waals surface area (Å²) in [5.74, 6) is 0.633. The van der Waals surface area contributed by atoms with Gasteiger partial charge in [-0.15, -0.1) is 0 Å². The number of anilines is 1. The lowest BCUT2D eigenvalue weighted by Crippen LogP contribution is -2.14. The third-order valence-corrected chi connectivity index (χ3v) is 4.55. The van der Waals surface area contributed by atoms with Crippen molar-refractivity contribution in [3.8, 4) is 17.1 Å². The molecule has 0 unspecified atom stereocenters. The maximum absolute atomic E-state index is 12.6. The maximum atomic E-state index is 12.6. The number of benzene rings is 2. The molecule has 32 heavy (non-hydrogen) atoms. The SMILES string of the molecule is CCCCOc1ccc(-c2cc(C(=O)Nc3cccc(C(=O)OCC(C)C)c3)no2)cc1. The Morgan fingerprint density at radius 2 is 1.88 bits per heavy atom. The minimum atomic E-state index is -0.438. The van der Waals surface area contributed by atoms with Gasteiger partial charge in [-0.3, -0.25) is 4.79 Å². The molecule has 3 rings (SSSR count). The normalized spacial score (nSPS) is 10.8. The Balaban J connectivity index is 1.62. The third kappa shape index (κ3) is 6.44. The minimum Gasteiger partial charge on any atom is -0.494 e. The van der Waals surface area contributed by atoms with Gasteiger partial charge in [0.2, 0.25) is 0 Å². The number of ether oxygens (including phenoxy) is 2. The van der Waals surface area contributed by atoms with Crippen LogP contribution in [0.15, 0.2) is 59.1 Å². The van der Waals surface area contributed by atoms with Crippen molar-refractivity contribution in [2.24, 2.45) is 5.92 Å². The molecule has 0 atom stereocenters. The van der Waals surface area contributed by atoms with E-state index >= 15 is 0 Å². The number of aromatic nitrogens is 1. The molecule has 168 valence electrons. The molecule has 0 aliphatic carbocycles. The molecule has 1 amide bonds. The average Bonchev–Trinajstić information content (AvgIpc) is 3.29. The second-order valence-corrected chi connectivity index (χ2v) is 7.83. The number of hydrogen-bond acceptors (Lipinski definition) is 6. The van der Waals surface area contributed by atoms with Crippen molar-refractivity contribution in [2.45, 2.75) is 33.6 Å². The number of nitrogens with zero attached hydrogens (tertiary/aromatic N) is 1. The molecule has 0 aliphatic rings. The molecule has 3 aromatic rings. The predicted octanol–water partition coefficient (Wildman–Crippen LogP) is 5.59. The van der Waals surface area contributed by atoms with Crippen LogP contribution < -0.4 is 10.1 Å². The van der Waals surface area contributed by atoms with Crippen LogP contribution in [0.1, 0.15) is 54.5 Å². The zero-order chi connectivity index (χ0) is 22.9. The Kier molecular flexibility index (Phi) is 8.02. The zero-order valence-corrected chi connectivity index (χ0v) is 18.6. The Hall–Kier alpha value is -3.61. The van der Waals surface area contributed by atoms with Crippen LogP contribution in [0.5, 0.6) is 5.75 Å².